The van der Waals surface area contributed by atoms with Crippen LogP contribution < -0.4 is 10.1 Å². The highest BCUT2D eigenvalue weighted by molar-refractivity contribution is 6.00. The van der Waals surface area contributed by atoms with Crippen LogP contribution >= 0.6 is 0 Å². The zero-order valence-corrected chi connectivity index (χ0v) is 11.5. The molecule has 2 rings (SSSR count). The monoisotopic (exact) mass is 297 g/mol. The standard InChI is InChI=1S/C14H16FNO5/c1-20-11-3-2-9(15)8-10(11)12(17)16-14(13(18)19)4-6-21-7-5-14/h2-3,8H,4-7H2,1H3,(H,16,17)(H,18,19). The van der Waals surface area contributed by atoms with Crippen molar-refractivity contribution in [2.75, 3.05) is 20.3 Å². The normalized spacial score (nSPS) is 17.0. The summed E-state index contributed by atoms with van der Waals surface area (Å²) in [5.41, 5.74) is -1.43. The maximum Gasteiger partial charge on any atom is 0.329 e. The Balaban J connectivity index is 2.27. The van der Waals surface area contributed by atoms with Crippen LogP contribution in [0.1, 0.15) is 23.2 Å². The Morgan fingerprint density at radius 1 is 1.38 bits per heavy atom. The summed E-state index contributed by atoms with van der Waals surface area (Å²) >= 11 is 0. The van der Waals surface area contributed by atoms with E-state index in [-0.39, 0.29) is 37.4 Å². The lowest BCUT2D eigenvalue weighted by atomic mass is 9.89. The second kappa shape index (κ2) is 6.09. The summed E-state index contributed by atoms with van der Waals surface area (Å²) in [6, 6.07) is 3.50. The maximum absolute atomic E-state index is 13.3. The summed E-state index contributed by atoms with van der Waals surface area (Å²) in [5, 5.41) is 11.9. The van der Waals surface area contributed by atoms with Crippen molar-refractivity contribution in [2.45, 2.75) is 18.4 Å². The molecule has 0 atom stereocenters. The predicted octanol–water partition coefficient (Wildman–Crippen LogP) is 1.20. The van der Waals surface area contributed by atoms with Crippen molar-refractivity contribution in [3.05, 3.63) is 29.6 Å². The van der Waals surface area contributed by atoms with Gasteiger partial charge in [-0.2, -0.15) is 0 Å². The van der Waals surface area contributed by atoms with E-state index in [1.807, 2.05) is 0 Å². The van der Waals surface area contributed by atoms with Crippen LogP contribution in [0.25, 0.3) is 0 Å². The fourth-order valence-electron chi connectivity index (χ4n) is 2.25. The van der Waals surface area contributed by atoms with Gasteiger partial charge in [0, 0.05) is 26.1 Å². The second-order valence-electron chi connectivity index (χ2n) is 4.80. The summed E-state index contributed by atoms with van der Waals surface area (Å²) in [7, 11) is 1.35. The Morgan fingerprint density at radius 2 is 2.05 bits per heavy atom. The summed E-state index contributed by atoms with van der Waals surface area (Å²) in [6.45, 7) is 0.486. The van der Waals surface area contributed by atoms with E-state index >= 15 is 0 Å². The van der Waals surface area contributed by atoms with Gasteiger partial charge in [-0.05, 0) is 18.2 Å². The second-order valence-corrected chi connectivity index (χ2v) is 4.80. The molecule has 0 spiro atoms. The Kier molecular flexibility index (Phi) is 4.42. The number of aliphatic carboxylic acids is 1. The molecule has 1 aliphatic rings. The van der Waals surface area contributed by atoms with Crippen molar-refractivity contribution in [1.29, 1.82) is 0 Å². The zero-order chi connectivity index (χ0) is 15.5. The number of methoxy groups -OCH3 is 1. The number of carbonyl (C=O) groups is 2. The van der Waals surface area contributed by atoms with Gasteiger partial charge in [-0.3, -0.25) is 4.79 Å². The first kappa shape index (κ1) is 15.2. The molecule has 2 N–H and O–H groups in total. The number of benzene rings is 1. The third-order valence-electron chi connectivity index (χ3n) is 3.51. The smallest absolute Gasteiger partial charge is 0.329 e. The Hall–Kier alpha value is -2.15. The predicted molar refractivity (Wildman–Crippen MR) is 70.8 cm³/mol. The van der Waals surface area contributed by atoms with Gasteiger partial charge in [-0.25, -0.2) is 9.18 Å². The highest BCUT2D eigenvalue weighted by Crippen LogP contribution is 2.24. The van der Waals surface area contributed by atoms with E-state index in [1.165, 1.54) is 13.2 Å². The van der Waals surface area contributed by atoms with Crippen molar-refractivity contribution >= 4 is 11.9 Å². The minimum atomic E-state index is -1.40. The summed E-state index contributed by atoms with van der Waals surface area (Å²) in [5.74, 6) is -2.23. The molecule has 0 bridgehead atoms. The summed E-state index contributed by atoms with van der Waals surface area (Å²) < 4.78 is 23.4. The van der Waals surface area contributed by atoms with E-state index in [2.05, 4.69) is 5.32 Å². The molecule has 0 saturated carbocycles. The number of nitrogens with one attached hydrogen (secondary N) is 1. The molecule has 1 fully saturated rings. The SMILES string of the molecule is COc1ccc(F)cc1C(=O)NC1(C(=O)O)CCOCC1. The topological polar surface area (TPSA) is 84.9 Å². The number of hydrogen-bond acceptors (Lipinski definition) is 4. The lowest BCUT2D eigenvalue weighted by Gasteiger charge is -2.34. The number of ether oxygens (including phenoxy) is 2. The molecule has 1 heterocycles. The van der Waals surface area contributed by atoms with Gasteiger partial charge in [0.2, 0.25) is 0 Å². The van der Waals surface area contributed by atoms with E-state index < -0.39 is 23.2 Å². The Labute approximate surface area is 120 Å². The van der Waals surface area contributed by atoms with Crippen LogP contribution in [0.3, 0.4) is 0 Å². The van der Waals surface area contributed by atoms with Gasteiger partial charge in [0.05, 0.1) is 12.7 Å². The quantitative estimate of drug-likeness (QED) is 0.872. The minimum absolute atomic E-state index is 0.0374. The fourth-order valence-corrected chi connectivity index (χ4v) is 2.25. The van der Waals surface area contributed by atoms with Crippen LogP contribution in [0.4, 0.5) is 4.39 Å². The minimum Gasteiger partial charge on any atom is -0.496 e. The van der Waals surface area contributed by atoms with Gasteiger partial charge in [-0.15, -0.1) is 0 Å². The largest absolute Gasteiger partial charge is 0.496 e. The third kappa shape index (κ3) is 3.13. The lowest BCUT2D eigenvalue weighted by Crippen LogP contribution is -2.57. The van der Waals surface area contributed by atoms with Crippen LogP contribution in [0.5, 0.6) is 5.75 Å². The fraction of sp³-hybridized carbons (Fsp3) is 0.429. The molecule has 1 amide bonds. The van der Waals surface area contributed by atoms with Gasteiger partial charge >= 0.3 is 5.97 Å². The molecule has 1 aliphatic heterocycles. The van der Waals surface area contributed by atoms with Gasteiger partial charge < -0.3 is 19.9 Å². The average molecular weight is 297 g/mol. The first-order valence-corrected chi connectivity index (χ1v) is 6.46. The molecule has 6 nitrogen and oxygen atoms in total. The number of rotatable bonds is 4. The first-order valence-electron chi connectivity index (χ1n) is 6.46. The van der Waals surface area contributed by atoms with Crippen molar-refractivity contribution in [1.82, 2.24) is 5.32 Å². The zero-order valence-electron chi connectivity index (χ0n) is 11.5. The van der Waals surface area contributed by atoms with E-state index in [1.54, 1.807) is 0 Å². The van der Waals surface area contributed by atoms with Crippen LogP contribution in [0.15, 0.2) is 18.2 Å². The molecule has 0 aliphatic carbocycles. The highest BCUT2D eigenvalue weighted by atomic mass is 19.1. The molecule has 0 unspecified atom stereocenters. The molecule has 21 heavy (non-hydrogen) atoms. The number of carboxylic acid groups (broad SMARTS) is 1. The van der Waals surface area contributed by atoms with Gasteiger partial charge in [0.1, 0.15) is 17.1 Å². The van der Waals surface area contributed by atoms with Crippen LogP contribution in [0, 0.1) is 5.82 Å². The van der Waals surface area contributed by atoms with Gasteiger partial charge in [0.15, 0.2) is 0 Å². The molecule has 0 aromatic heterocycles. The Morgan fingerprint density at radius 3 is 2.62 bits per heavy atom. The number of halogens is 1. The molecular formula is C14H16FNO5. The van der Waals surface area contributed by atoms with Crippen molar-refractivity contribution in [3.63, 3.8) is 0 Å². The van der Waals surface area contributed by atoms with Crippen LogP contribution in [0.2, 0.25) is 0 Å². The first-order chi connectivity index (χ1) is 9.98. The molecule has 114 valence electrons. The highest BCUT2D eigenvalue weighted by Gasteiger charge is 2.42. The molecule has 7 heteroatoms. The van der Waals surface area contributed by atoms with Crippen LogP contribution in [-0.2, 0) is 9.53 Å². The summed E-state index contributed by atoms with van der Waals surface area (Å²) in [4.78, 5) is 23.8. The molecule has 0 radical (unpaired) electrons. The van der Waals surface area contributed by atoms with Crippen LogP contribution in [-0.4, -0.2) is 42.8 Å². The van der Waals surface area contributed by atoms with E-state index in [9.17, 15) is 19.1 Å². The molecule has 1 saturated heterocycles. The third-order valence-corrected chi connectivity index (χ3v) is 3.51. The van der Waals surface area contributed by atoms with E-state index in [0.29, 0.717) is 0 Å². The molecule has 1 aromatic carbocycles. The number of hydrogen-bond donors (Lipinski definition) is 2. The Bertz CT molecular complexity index is 554. The van der Waals surface area contributed by atoms with Crippen molar-refractivity contribution < 1.29 is 28.6 Å². The van der Waals surface area contributed by atoms with Crippen molar-refractivity contribution in [2.24, 2.45) is 0 Å². The summed E-state index contributed by atoms with van der Waals surface area (Å²) in [6.07, 6.45) is 0.317. The van der Waals surface area contributed by atoms with E-state index in [4.69, 9.17) is 9.47 Å². The number of amides is 1. The van der Waals surface area contributed by atoms with Gasteiger partial charge in [-0.1, -0.05) is 0 Å². The molecule has 1 aromatic rings. The average Bonchev–Trinajstić information content (AvgIpc) is 2.48. The molecular weight excluding hydrogens is 281 g/mol. The number of carbonyl (C=O) groups excluding carboxylic acids is 1. The van der Waals surface area contributed by atoms with Gasteiger partial charge in [0.25, 0.3) is 5.91 Å². The van der Waals surface area contributed by atoms with Crippen molar-refractivity contribution in [3.8, 4) is 5.75 Å². The maximum atomic E-state index is 13.3. The lowest BCUT2D eigenvalue weighted by molar-refractivity contribution is -0.148. The number of carboxylic acids is 1. The van der Waals surface area contributed by atoms with E-state index in [0.717, 1.165) is 12.1 Å².